The normalized spacial score (nSPS) is 14.2. The molecule has 0 saturated carbocycles. The Morgan fingerprint density at radius 1 is 1.17 bits per heavy atom. The third kappa shape index (κ3) is 5.32. The average molecular weight is 349 g/mol. The van der Waals surface area contributed by atoms with E-state index in [1.165, 1.54) is 17.7 Å². The predicted octanol–water partition coefficient (Wildman–Crippen LogP) is 3.54. The van der Waals surface area contributed by atoms with Gasteiger partial charge in [0.25, 0.3) is 0 Å². The zero-order valence-electron chi connectivity index (χ0n) is 14.3. The standard InChI is InChI=1S/C18H24FN3OS/c1-13(15-8-9-24-12-15)10-21-18(20-2)22-11-17(23-3)14-4-6-16(19)7-5-14/h4-9,12-13,17H,10-11H2,1-3H3,(H2,20,21,22). The first-order valence-electron chi connectivity index (χ1n) is 7.89. The van der Waals surface area contributed by atoms with Crippen LogP contribution in [0.1, 0.15) is 30.1 Å². The van der Waals surface area contributed by atoms with Crippen LogP contribution >= 0.6 is 11.3 Å². The fourth-order valence-electron chi connectivity index (χ4n) is 2.35. The van der Waals surface area contributed by atoms with E-state index in [1.807, 2.05) is 0 Å². The number of guanidine groups is 1. The number of benzene rings is 1. The average Bonchev–Trinajstić information content (AvgIpc) is 3.14. The molecule has 1 aromatic heterocycles. The summed E-state index contributed by atoms with van der Waals surface area (Å²) in [4.78, 5) is 4.24. The van der Waals surface area contributed by atoms with Gasteiger partial charge >= 0.3 is 0 Å². The van der Waals surface area contributed by atoms with Gasteiger partial charge in [-0.2, -0.15) is 11.3 Å². The molecule has 0 amide bonds. The summed E-state index contributed by atoms with van der Waals surface area (Å²) >= 11 is 1.71. The number of nitrogens with one attached hydrogen (secondary N) is 2. The molecule has 0 fully saturated rings. The van der Waals surface area contributed by atoms with Crippen LogP contribution in [0.3, 0.4) is 0 Å². The molecule has 6 heteroatoms. The molecule has 2 N–H and O–H groups in total. The van der Waals surface area contributed by atoms with Crippen LogP contribution in [0.15, 0.2) is 46.1 Å². The van der Waals surface area contributed by atoms with Crippen LogP contribution in [0.25, 0.3) is 0 Å². The summed E-state index contributed by atoms with van der Waals surface area (Å²) in [6.07, 6.45) is -0.168. The van der Waals surface area contributed by atoms with Gasteiger partial charge in [0.05, 0.1) is 6.10 Å². The van der Waals surface area contributed by atoms with Crippen LogP contribution in [0.4, 0.5) is 4.39 Å². The number of rotatable bonds is 7. The van der Waals surface area contributed by atoms with Crippen LogP contribution in [0.2, 0.25) is 0 Å². The monoisotopic (exact) mass is 349 g/mol. The number of hydrogen-bond donors (Lipinski definition) is 2. The molecule has 0 aliphatic carbocycles. The molecular weight excluding hydrogens is 325 g/mol. The van der Waals surface area contributed by atoms with Crippen molar-refractivity contribution in [1.29, 1.82) is 0 Å². The summed E-state index contributed by atoms with van der Waals surface area (Å²) in [6.45, 7) is 3.53. The van der Waals surface area contributed by atoms with Crippen LogP contribution in [0, 0.1) is 5.82 Å². The topological polar surface area (TPSA) is 45.7 Å². The van der Waals surface area contributed by atoms with Gasteiger partial charge in [0.1, 0.15) is 5.82 Å². The Labute approximate surface area is 146 Å². The van der Waals surface area contributed by atoms with Crippen molar-refractivity contribution in [2.45, 2.75) is 18.9 Å². The number of ether oxygens (including phenoxy) is 1. The zero-order valence-corrected chi connectivity index (χ0v) is 15.1. The van der Waals surface area contributed by atoms with Gasteiger partial charge in [-0.15, -0.1) is 0 Å². The number of thiophene rings is 1. The number of nitrogens with zero attached hydrogens (tertiary/aromatic N) is 1. The van der Waals surface area contributed by atoms with Gasteiger partial charge < -0.3 is 15.4 Å². The highest BCUT2D eigenvalue weighted by atomic mass is 32.1. The van der Waals surface area contributed by atoms with Crippen molar-refractivity contribution in [3.05, 3.63) is 58.0 Å². The molecule has 1 aromatic carbocycles. The lowest BCUT2D eigenvalue weighted by Gasteiger charge is -2.20. The van der Waals surface area contributed by atoms with E-state index in [9.17, 15) is 4.39 Å². The van der Waals surface area contributed by atoms with Gasteiger partial charge in [-0.05, 0) is 46.0 Å². The van der Waals surface area contributed by atoms with E-state index >= 15 is 0 Å². The lowest BCUT2D eigenvalue weighted by atomic mass is 10.1. The van der Waals surface area contributed by atoms with Gasteiger partial charge in [-0.3, -0.25) is 4.99 Å². The minimum absolute atomic E-state index is 0.168. The fourth-order valence-corrected chi connectivity index (χ4v) is 3.13. The highest BCUT2D eigenvalue weighted by molar-refractivity contribution is 7.07. The summed E-state index contributed by atoms with van der Waals surface area (Å²) in [5.74, 6) is 0.882. The molecule has 0 aliphatic rings. The van der Waals surface area contributed by atoms with E-state index in [1.54, 1.807) is 37.6 Å². The van der Waals surface area contributed by atoms with Crippen LogP contribution in [-0.4, -0.2) is 33.2 Å². The van der Waals surface area contributed by atoms with E-state index in [-0.39, 0.29) is 11.9 Å². The Morgan fingerprint density at radius 2 is 1.88 bits per heavy atom. The Kier molecular flexibility index (Phi) is 7.21. The Balaban J connectivity index is 1.84. The van der Waals surface area contributed by atoms with Gasteiger partial charge in [0, 0.05) is 27.2 Å². The number of aliphatic imine (C=N–C) groups is 1. The second-order valence-electron chi connectivity index (χ2n) is 5.57. The van der Waals surface area contributed by atoms with Crippen LogP contribution in [-0.2, 0) is 4.74 Å². The van der Waals surface area contributed by atoms with Crippen molar-refractivity contribution in [3.8, 4) is 0 Å². The highest BCUT2D eigenvalue weighted by Gasteiger charge is 2.12. The van der Waals surface area contributed by atoms with Crippen molar-refractivity contribution in [2.24, 2.45) is 4.99 Å². The molecular formula is C18H24FN3OS. The molecule has 4 nitrogen and oxygen atoms in total. The van der Waals surface area contributed by atoms with Crippen molar-refractivity contribution < 1.29 is 9.13 Å². The Morgan fingerprint density at radius 3 is 2.46 bits per heavy atom. The first kappa shape index (κ1) is 18.4. The first-order chi connectivity index (χ1) is 11.6. The van der Waals surface area contributed by atoms with E-state index < -0.39 is 0 Å². The maximum atomic E-state index is 13.0. The molecule has 2 unspecified atom stereocenters. The first-order valence-corrected chi connectivity index (χ1v) is 8.83. The molecule has 0 bridgehead atoms. The molecule has 1 heterocycles. The molecule has 2 atom stereocenters. The quantitative estimate of drug-likeness (QED) is 0.594. The summed E-state index contributed by atoms with van der Waals surface area (Å²) in [5, 5.41) is 10.8. The highest BCUT2D eigenvalue weighted by Crippen LogP contribution is 2.17. The number of halogens is 1. The Bertz CT molecular complexity index is 628. The number of hydrogen-bond acceptors (Lipinski definition) is 3. The summed E-state index contributed by atoms with van der Waals surface area (Å²) in [6, 6.07) is 8.50. The summed E-state index contributed by atoms with van der Waals surface area (Å²) in [7, 11) is 3.38. The SMILES string of the molecule is CN=C(NCC(C)c1ccsc1)NCC(OC)c1ccc(F)cc1. The van der Waals surface area contributed by atoms with Crippen molar-refractivity contribution >= 4 is 17.3 Å². The number of methoxy groups -OCH3 is 1. The summed E-state index contributed by atoms with van der Waals surface area (Å²) < 4.78 is 18.5. The zero-order chi connectivity index (χ0) is 17.4. The van der Waals surface area contributed by atoms with Gasteiger partial charge in [-0.1, -0.05) is 19.1 Å². The molecule has 2 rings (SSSR count). The van der Waals surface area contributed by atoms with E-state index in [2.05, 4.69) is 39.4 Å². The Hall–Kier alpha value is -1.92. The van der Waals surface area contributed by atoms with Gasteiger partial charge in [-0.25, -0.2) is 4.39 Å². The second kappa shape index (κ2) is 9.39. The third-order valence-corrected chi connectivity index (χ3v) is 4.59. The minimum Gasteiger partial charge on any atom is -0.375 e. The predicted molar refractivity (Wildman–Crippen MR) is 98.2 cm³/mol. The van der Waals surface area contributed by atoms with Crippen molar-refractivity contribution in [1.82, 2.24) is 10.6 Å². The van der Waals surface area contributed by atoms with Crippen molar-refractivity contribution in [3.63, 3.8) is 0 Å². The van der Waals surface area contributed by atoms with Gasteiger partial charge in [0.15, 0.2) is 5.96 Å². The minimum atomic E-state index is -0.249. The van der Waals surface area contributed by atoms with Crippen LogP contribution in [0.5, 0.6) is 0 Å². The fraction of sp³-hybridized carbons (Fsp3) is 0.389. The van der Waals surface area contributed by atoms with E-state index in [0.717, 1.165) is 18.1 Å². The smallest absolute Gasteiger partial charge is 0.191 e. The van der Waals surface area contributed by atoms with Gasteiger partial charge in [0.2, 0.25) is 0 Å². The lowest BCUT2D eigenvalue weighted by molar-refractivity contribution is 0.106. The molecule has 0 aliphatic heterocycles. The van der Waals surface area contributed by atoms with Crippen LogP contribution < -0.4 is 10.6 Å². The molecule has 130 valence electrons. The molecule has 0 radical (unpaired) electrons. The molecule has 0 saturated heterocycles. The summed E-state index contributed by atoms with van der Waals surface area (Å²) in [5.41, 5.74) is 2.25. The molecule has 2 aromatic rings. The molecule has 24 heavy (non-hydrogen) atoms. The molecule has 0 spiro atoms. The lowest BCUT2D eigenvalue weighted by Crippen LogP contribution is -2.41. The van der Waals surface area contributed by atoms with E-state index in [0.29, 0.717) is 12.5 Å². The second-order valence-corrected chi connectivity index (χ2v) is 6.35. The maximum Gasteiger partial charge on any atom is 0.191 e. The third-order valence-electron chi connectivity index (χ3n) is 3.89. The maximum absolute atomic E-state index is 13.0. The van der Waals surface area contributed by atoms with Crippen molar-refractivity contribution in [2.75, 3.05) is 27.2 Å². The largest absolute Gasteiger partial charge is 0.375 e. The van der Waals surface area contributed by atoms with E-state index in [4.69, 9.17) is 4.74 Å².